The van der Waals surface area contributed by atoms with Crippen LogP contribution in [0, 0.1) is 0 Å². The van der Waals surface area contributed by atoms with Crippen LogP contribution in [0.25, 0.3) is 0 Å². The van der Waals surface area contributed by atoms with Crippen molar-refractivity contribution in [3.8, 4) is 0 Å². The fourth-order valence-corrected chi connectivity index (χ4v) is 5.08. The van der Waals surface area contributed by atoms with Crippen LogP contribution in [0.4, 0.5) is 0 Å². The molecule has 0 bridgehead atoms. The molecule has 8 nitrogen and oxygen atoms in total. The van der Waals surface area contributed by atoms with Gasteiger partial charge >= 0.3 is 5.97 Å². The Bertz CT molecular complexity index is 1380. The number of carbonyl (C=O) groups excluding carboxylic acids is 4. The van der Waals surface area contributed by atoms with E-state index in [1.54, 1.807) is 12.1 Å². The Kier molecular flexibility index (Phi) is 6.84. The highest BCUT2D eigenvalue weighted by molar-refractivity contribution is 6.30. The number of carbonyl (C=O) groups is 4. The van der Waals surface area contributed by atoms with Gasteiger partial charge in [0.1, 0.15) is 11.2 Å². The Morgan fingerprint density at radius 2 is 1.34 bits per heavy atom. The summed E-state index contributed by atoms with van der Waals surface area (Å²) in [5.41, 5.74) is 0.451. The van der Waals surface area contributed by atoms with Crippen LogP contribution in [0.2, 0.25) is 0 Å². The van der Waals surface area contributed by atoms with E-state index in [0.717, 1.165) is 9.80 Å². The van der Waals surface area contributed by atoms with Gasteiger partial charge in [0.25, 0.3) is 17.7 Å². The molecule has 3 aromatic carbocycles. The first-order valence-electron chi connectivity index (χ1n) is 11.9. The highest BCUT2D eigenvalue weighted by Gasteiger charge is 2.58. The van der Waals surface area contributed by atoms with Crippen LogP contribution in [0.5, 0.6) is 0 Å². The van der Waals surface area contributed by atoms with Crippen LogP contribution in [0.15, 0.2) is 96.2 Å². The van der Waals surface area contributed by atoms with E-state index in [4.69, 9.17) is 16.3 Å². The summed E-state index contributed by atoms with van der Waals surface area (Å²) in [6.45, 7) is 0.930. The molecule has 0 saturated carbocycles. The second-order valence-corrected chi connectivity index (χ2v) is 9.39. The number of nitrogens with zero attached hydrogens (tertiary/aromatic N) is 2. The largest absolute Gasteiger partial charge is 0.448 e. The van der Waals surface area contributed by atoms with Gasteiger partial charge in [-0.05, 0) is 35.8 Å². The average Bonchev–Trinajstić information content (AvgIpc) is 3.20. The second kappa shape index (κ2) is 10.2. The minimum Gasteiger partial charge on any atom is -0.448 e. The Labute approximate surface area is 223 Å². The zero-order valence-electron chi connectivity index (χ0n) is 20.3. The molecule has 2 aliphatic heterocycles. The van der Waals surface area contributed by atoms with E-state index in [0.29, 0.717) is 11.1 Å². The molecule has 1 saturated heterocycles. The number of fused-ring (bicyclic) bond motifs is 1. The van der Waals surface area contributed by atoms with Crippen molar-refractivity contribution in [1.82, 2.24) is 9.80 Å². The molecule has 3 aromatic rings. The summed E-state index contributed by atoms with van der Waals surface area (Å²) >= 11 is 6.58. The van der Waals surface area contributed by atoms with Gasteiger partial charge in [-0.1, -0.05) is 84.4 Å². The molecule has 2 aliphatic rings. The van der Waals surface area contributed by atoms with Gasteiger partial charge in [0.05, 0.1) is 17.7 Å². The zero-order chi connectivity index (χ0) is 27.0. The van der Waals surface area contributed by atoms with Gasteiger partial charge < -0.3 is 9.84 Å². The van der Waals surface area contributed by atoms with Crippen LogP contribution in [0.1, 0.15) is 44.9 Å². The van der Waals surface area contributed by atoms with Gasteiger partial charge in [-0.25, -0.2) is 4.79 Å². The summed E-state index contributed by atoms with van der Waals surface area (Å²) in [5.74, 6) is -2.87. The molecule has 1 N–H and O–H groups in total. The number of amides is 3. The van der Waals surface area contributed by atoms with Crippen LogP contribution in [-0.2, 0) is 14.3 Å². The van der Waals surface area contributed by atoms with Gasteiger partial charge in [0.15, 0.2) is 12.1 Å². The number of hydrogen-bond donors (Lipinski definition) is 1. The van der Waals surface area contributed by atoms with Gasteiger partial charge in [-0.3, -0.25) is 24.2 Å². The average molecular weight is 531 g/mol. The molecule has 0 radical (unpaired) electrons. The SMILES string of the molecule is CC(CO)=C(C(=O)OC(c1ccccc1)c1ccccc1)N1C(=O)[C@H](N2C(=O)c3ccccc3C2=O)[C@H]1Cl. The van der Waals surface area contributed by atoms with E-state index in [1.807, 2.05) is 60.7 Å². The number of benzene rings is 3. The summed E-state index contributed by atoms with van der Waals surface area (Å²) in [6.07, 6.45) is -0.802. The number of imide groups is 1. The van der Waals surface area contributed by atoms with Crippen LogP contribution >= 0.6 is 11.6 Å². The first-order valence-corrected chi connectivity index (χ1v) is 12.3. The maximum Gasteiger partial charge on any atom is 0.356 e. The summed E-state index contributed by atoms with van der Waals surface area (Å²) in [5, 5.41) is 9.88. The Morgan fingerprint density at radius 1 is 0.868 bits per heavy atom. The van der Waals surface area contributed by atoms with E-state index in [2.05, 4.69) is 0 Å². The Balaban J connectivity index is 1.44. The van der Waals surface area contributed by atoms with E-state index in [1.165, 1.54) is 19.1 Å². The van der Waals surface area contributed by atoms with Crippen molar-refractivity contribution in [2.24, 2.45) is 0 Å². The molecule has 0 spiro atoms. The first kappa shape index (κ1) is 25.4. The number of esters is 1. The molecule has 5 rings (SSSR count). The predicted molar refractivity (Wildman–Crippen MR) is 138 cm³/mol. The lowest BCUT2D eigenvalue weighted by atomic mass is 10.0. The van der Waals surface area contributed by atoms with Crippen LogP contribution in [-0.4, -0.2) is 56.7 Å². The van der Waals surface area contributed by atoms with Crippen molar-refractivity contribution in [3.05, 3.63) is 118 Å². The number of alkyl halides is 1. The Morgan fingerprint density at radius 3 is 1.79 bits per heavy atom. The Hall–Kier alpha value is -4.27. The van der Waals surface area contributed by atoms with Crippen molar-refractivity contribution >= 4 is 35.3 Å². The standard InChI is InChI=1S/C29H23ClN2O6/c1-17(16-33)22(29(37)38-24(18-10-4-2-5-11-18)19-12-6-3-7-13-19)31-25(30)23(28(31)36)32-26(34)20-14-8-9-15-21(20)27(32)35/h2-15,23-25,33H,16H2,1H3/t23-,25+/m1/s1. The molecule has 3 amide bonds. The number of hydrogen-bond acceptors (Lipinski definition) is 6. The van der Waals surface area contributed by atoms with E-state index in [-0.39, 0.29) is 22.4 Å². The molecular weight excluding hydrogens is 508 g/mol. The highest BCUT2D eigenvalue weighted by Crippen LogP contribution is 2.38. The summed E-state index contributed by atoms with van der Waals surface area (Å²) in [6, 6.07) is 23.1. The maximum absolute atomic E-state index is 13.6. The summed E-state index contributed by atoms with van der Waals surface area (Å²) in [4.78, 5) is 54.6. The number of β-lactam (4-membered cyclic amide) rings is 1. The summed E-state index contributed by atoms with van der Waals surface area (Å²) in [7, 11) is 0. The molecule has 0 unspecified atom stereocenters. The van der Waals surface area contributed by atoms with Gasteiger partial charge in [-0.15, -0.1) is 0 Å². The number of aliphatic hydroxyl groups is 1. The van der Waals surface area contributed by atoms with Crippen molar-refractivity contribution in [1.29, 1.82) is 0 Å². The minimum atomic E-state index is -1.31. The molecule has 0 aromatic heterocycles. The third-order valence-electron chi connectivity index (χ3n) is 6.61. The van der Waals surface area contributed by atoms with Crippen molar-refractivity contribution < 1.29 is 29.0 Å². The van der Waals surface area contributed by atoms with Gasteiger partial charge in [-0.2, -0.15) is 0 Å². The highest BCUT2D eigenvalue weighted by atomic mass is 35.5. The van der Waals surface area contributed by atoms with Crippen molar-refractivity contribution in [2.45, 2.75) is 24.6 Å². The number of rotatable bonds is 7. The fourth-order valence-electron chi connectivity index (χ4n) is 4.67. The third kappa shape index (κ3) is 4.17. The molecule has 1 fully saturated rings. The molecule has 38 heavy (non-hydrogen) atoms. The fraction of sp³-hybridized carbons (Fsp3) is 0.172. The van der Waals surface area contributed by atoms with Crippen LogP contribution < -0.4 is 0 Å². The van der Waals surface area contributed by atoms with E-state index >= 15 is 0 Å². The molecule has 192 valence electrons. The molecule has 0 aliphatic carbocycles. The normalized spacial score (nSPS) is 19.3. The van der Waals surface area contributed by atoms with Crippen LogP contribution in [0.3, 0.4) is 0 Å². The molecular formula is C29H23ClN2O6. The molecule has 9 heteroatoms. The lowest BCUT2D eigenvalue weighted by Gasteiger charge is -2.46. The van der Waals surface area contributed by atoms with E-state index in [9.17, 15) is 24.3 Å². The predicted octanol–water partition coefficient (Wildman–Crippen LogP) is 3.66. The zero-order valence-corrected chi connectivity index (χ0v) is 21.0. The monoisotopic (exact) mass is 530 g/mol. The van der Waals surface area contributed by atoms with E-state index < -0.39 is 47.9 Å². The number of likely N-dealkylation sites (tertiary alicyclic amines) is 1. The first-order chi connectivity index (χ1) is 18.3. The quantitative estimate of drug-likeness (QED) is 0.125. The van der Waals surface area contributed by atoms with Gasteiger partial charge in [0.2, 0.25) is 0 Å². The summed E-state index contributed by atoms with van der Waals surface area (Å²) < 4.78 is 5.91. The number of aliphatic hydroxyl groups excluding tert-OH is 1. The van der Waals surface area contributed by atoms with Crippen molar-refractivity contribution in [2.75, 3.05) is 6.61 Å². The minimum absolute atomic E-state index is 0.148. The number of halogens is 1. The lowest BCUT2D eigenvalue weighted by Crippen LogP contribution is -2.69. The molecule has 2 atom stereocenters. The topological polar surface area (TPSA) is 104 Å². The maximum atomic E-state index is 13.6. The smallest absolute Gasteiger partial charge is 0.356 e. The number of ether oxygens (including phenoxy) is 1. The third-order valence-corrected chi connectivity index (χ3v) is 7.04. The van der Waals surface area contributed by atoms with Gasteiger partial charge in [0, 0.05) is 0 Å². The lowest BCUT2D eigenvalue weighted by molar-refractivity contribution is -0.156. The molecule has 2 heterocycles. The van der Waals surface area contributed by atoms with Crippen molar-refractivity contribution in [3.63, 3.8) is 0 Å². The second-order valence-electron chi connectivity index (χ2n) is 8.95.